The first-order valence-corrected chi connectivity index (χ1v) is 24.1. The Balaban J connectivity index is 0.962. The quantitative estimate of drug-likeness (QED) is 0.149. The lowest BCUT2D eigenvalue weighted by molar-refractivity contribution is 0.660. The molecule has 13 rings (SSSR count). The summed E-state index contributed by atoms with van der Waals surface area (Å²) in [4.78, 5) is 2.31. The summed E-state index contributed by atoms with van der Waals surface area (Å²) in [6.07, 6.45) is 0. The van der Waals surface area contributed by atoms with E-state index in [-0.39, 0.29) is 5.41 Å². The van der Waals surface area contributed by atoms with Crippen LogP contribution in [0.5, 0.6) is 0 Å². The van der Waals surface area contributed by atoms with E-state index in [2.05, 4.69) is 243 Å². The van der Waals surface area contributed by atoms with E-state index in [4.69, 9.17) is 0 Å². The normalized spacial score (nSPS) is 12.5. The Bertz CT molecular complexity index is 4070. The Morgan fingerprint density at radius 3 is 1.40 bits per heavy atom. The Hall–Kier alpha value is -9.03. The van der Waals surface area contributed by atoms with E-state index in [9.17, 15) is 5.26 Å². The van der Waals surface area contributed by atoms with Crippen molar-refractivity contribution in [3.05, 3.63) is 259 Å². The predicted octanol–water partition coefficient (Wildman–Crippen LogP) is 18.6. The van der Waals surface area contributed by atoms with E-state index in [1.807, 2.05) is 24.3 Å². The number of fused-ring (bicyclic) bond motifs is 7. The lowest BCUT2D eigenvalue weighted by Crippen LogP contribution is -2.16. The van der Waals surface area contributed by atoms with Crippen LogP contribution in [0.25, 0.3) is 98.7 Å². The molecule has 0 unspecified atom stereocenters. The van der Waals surface area contributed by atoms with Crippen LogP contribution in [-0.4, -0.2) is 0 Å². The standard InChI is InChI=1S/C68H46N2/c1-68(2)64-41-50(30-37-56(64)57-39-36-53(42-65(57)68)70(51-32-26-44(43-69)27-33-51)52-34-28-46(29-35-52)45-14-4-3-5-15-45)49-31-38-62-63(40-49)67(59-25-13-19-48-17-7-9-21-55(48)59)61-23-11-10-22-60(61)66(62)58-24-12-18-47-16-6-8-20-54(47)58/h3-42H,1-2H3. The molecule has 0 saturated carbocycles. The average molecular weight is 891 g/mol. The zero-order chi connectivity index (χ0) is 46.9. The Morgan fingerprint density at radius 2 is 0.771 bits per heavy atom. The van der Waals surface area contributed by atoms with Gasteiger partial charge in [-0.25, -0.2) is 0 Å². The summed E-state index contributed by atoms with van der Waals surface area (Å²) in [5, 5.41) is 19.6. The molecule has 0 spiro atoms. The summed E-state index contributed by atoms with van der Waals surface area (Å²) < 4.78 is 0. The molecule has 1 aliphatic rings. The van der Waals surface area contributed by atoms with Gasteiger partial charge in [-0.2, -0.15) is 5.26 Å². The summed E-state index contributed by atoms with van der Waals surface area (Å²) in [6.45, 7) is 4.74. The Labute approximate surface area is 408 Å². The van der Waals surface area contributed by atoms with E-state index in [0.29, 0.717) is 5.56 Å². The third-order valence-corrected chi connectivity index (χ3v) is 14.9. The van der Waals surface area contributed by atoms with E-state index < -0.39 is 0 Å². The van der Waals surface area contributed by atoms with Crippen molar-refractivity contribution in [2.45, 2.75) is 19.3 Å². The van der Waals surface area contributed by atoms with E-state index in [1.165, 1.54) is 110 Å². The molecular formula is C68H46N2. The van der Waals surface area contributed by atoms with Crippen LogP contribution in [0.4, 0.5) is 17.1 Å². The number of anilines is 3. The van der Waals surface area contributed by atoms with Gasteiger partial charge in [-0.1, -0.05) is 196 Å². The lowest BCUT2D eigenvalue weighted by Gasteiger charge is -2.28. The highest BCUT2D eigenvalue weighted by Crippen LogP contribution is 2.53. The summed E-state index contributed by atoms with van der Waals surface area (Å²) in [6, 6.07) is 90.7. The Morgan fingerprint density at radius 1 is 0.329 bits per heavy atom. The van der Waals surface area contributed by atoms with Crippen LogP contribution in [0.2, 0.25) is 0 Å². The zero-order valence-electron chi connectivity index (χ0n) is 39.0. The molecule has 0 radical (unpaired) electrons. The first-order chi connectivity index (χ1) is 34.4. The van der Waals surface area contributed by atoms with Gasteiger partial charge in [0.2, 0.25) is 0 Å². The van der Waals surface area contributed by atoms with Crippen molar-refractivity contribution < 1.29 is 0 Å². The maximum atomic E-state index is 9.68. The summed E-state index contributed by atoms with van der Waals surface area (Å²) >= 11 is 0. The minimum Gasteiger partial charge on any atom is -0.310 e. The van der Waals surface area contributed by atoms with Crippen LogP contribution in [-0.2, 0) is 5.41 Å². The molecule has 0 amide bonds. The van der Waals surface area contributed by atoms with Crippen LogP contribution in [0, 0.1) is 11.3 Å². The van der Waals surface area contributed by atoms with Gasteiger partial charge in [0.1, 0.15) is 0 Å². The van der Waals surface area contributed by atoms with Gasteiger partial charge in [-0.15, -0.1) is 0 Å². The molecule has 0 bridgehead atoms. The molecule has 0 atom stereocenters. The molecule has 0 aliphatic heterocycles. The third-order valence-electron chi connectivity index (χ3n) is 14.9. The number of hydrogen-bond acceptors (Lipinski definition) is 2. The highest BCUT2D eigenvalue weighted by molar-refractivity contribution is 6.25. The van der Waals surface area contributed by atoms with Crippen molar-refractivity contribution in [2.75, 3.05) is 4.90 Å². The fraction of sp³-hybridized carbons (Fsp3) is 0.0441. The molecule has 0 heterocycles. The second-order valence-electron chi connectivity index (χ2n) is 19.1. The average Bonchev–Trinajstić information content (AvgIpc) is 3.64. The van der Waals surface area contributed by atoms with E-state index >= 15 is 0 Å². The van der Waals surface area contributed by atoms with Gasteiger partial charge in [-0.05, 0) is 171 Å². The molecular weight excluding hydrogens is 845 g/mol. The van der Waals surface area contributed by atoms with Gasteiger partial charge in [0.15, 0.2) is 0 Å². The van der Waals surface area contributed by atoms with Gasteiger partial charge < -0.3 is 4.90 Å². The molecule has 2 nitrogen and oxygen atoms in total. The van der Waals surface area contributed by atoms with E-state index in [0.717, 1.165) is 17.1 Å². The first-order valence-electron chi connectivity index (χ1n) is 24.1. The molecule has 0 N–H and O–H groups in total. The van der Waals surface area contributed by atoms with Crippen LogP contribution >= 0.6 is 0 Å². The number of hydrogen-bond donors (Lipinski definition) is 0. The minimum atomic E-state index is -0.285. The fourth-order valence-electron chi connectivity index (χ4n) is 11.4. The second-order valence-corrected chi connectivity index (χ2v) is 19.1. The molecule has 0 aromatic heterocycles. The van der Waals surface area contributed by atoms with E-state index in [1.54, 1.807) is 0 Å². The second kappa shape index (κ2) is 16.3. The van der Waals surface area contributed by atoms with Crippen LogP contribution in [0.3, 0.4) is 0 Å². The topological polar surface area (TPSA) is 27.0 Å². The van der Waals surface area contributed by atoms with Gasteiger partial charge in [0.25, 0.3) is 0 Å². The fourth-order valence-corrected chi connectivity index (χ4v) is 11.4. The molecule has 0 saturated heterocycles. The molecule has 70 heavy (non-hydrogen) atoms. The summed E-state index contributed by atoms with van der Waals surface area (Å²) in [7, 11) is 0. The number of benzene rings is 12. The lowest BCUT2D eigenvalue weighted by atomic mass is 9.80. The smallest absolute Gasteiger partial charge is 0.0991 e. The molecule has 328 valence electrons. The maximum absolute atomic E-state index is 9.68. The highest BCUT2D eigenvalue weighted by atomic mass is 15.1. The SMILES string of the molecule is CC1(C)c2cc(-c3ccc4c(-c5cccc6ccccc56)c5ccccc5c(-c5cccc6ccccc56)c4c3)ccc2-c2ccc(N(c3ccc(C#N)cc3)c3ccc(-c4ccccc4)cc3)cc21. The third kappa shape index (κ3) is 6.62. The highest BCUT2D eigenvalue weighted by Gasteiger charge is 2.36. The van der Waals surface area contributed by atoms with Crippen LogP contribution in [0.15, 0.2) is 243 Å². The maximum Gasteiger partial charge on any atom is 0.0991 e. The molecule has 12 aromatic rings. The molecule has 0 fully saturated rings. The molecule has 12 aromatic carbocycles. The predicted molar refractivity (Wildman–Crippen MR) is 295 cm³/mol. The minimum absolute atomic E-state index is 0.285. The number of rotatable bonds is 7. The largest absolute Gasteiger partial charge is 0.310 e. The number of nitrogens with zero attached hydrogens (tertiary/aromatic N) is 2. The number of nitriles is 1. The zero-order valence-corrected chi connectivity index (χ0v) is 39.0. The van der Waals surface area contributed by atoms with Crippen molar-refractivity contribution in [3.63, 3.8) is 0 Å². The van der Waals surface area contributed by atoms with Crippen LogP contribution < -0.4 is 4.90 Å². The van der Waals surface area contributed by atoms with Gasteiger partial charge >= 0.3 is 0 Å². The van der Waals surface area contributed by atoms with Crippen molar-refractivity contribution >= 4 is 60.2 Å². The summed E-state index contributed by atoms with van der Waals surface area (Å²) in [5.74, 6) is 0. The van der Waals surface area contributed by atoms with Crippen molar-refractivity contribution in [1.82, 2.24) is 0 Å². The van der Waals surface area contributed by atoms with Gasteiger partial charge in [0.05, 0.1) is 11.6 Å². The van der Waals surface area contributed by atoms with Gasteiger partial charge in [-0.3, -0.25) is 0 Å². The molecule has 2 heteroatoms. The van der Waals surface area contributed by atoms with Crippen LogP contribution in [0.1, 0.15) is 30.5 Å². The van der Waals surface area contributed by atoms with Crippen molar-refractivity contribution in [2.24, 2.45) is 0 Å². The summed E-state index contributed by atoms with van der Waals surface area (Å²) in [5.41, 5.74) is 18.4. The molecule has 1 aliphatic carbocycles. The van der Waals surface area contributed by atoms with Crippen molar-refractivity contribution in [3.8, 4) is 61.7 Å². The Kier molecular flexibility index (Phi) is 9.61. The van der Waals surface area contributed by atoms with Gasteiger partial charge in [0, 0.05) is 22.5 Å². The monoisotopic (exact) mass is 890 g/mol. The first kappa shape index (κ1) is 41.2. The van der Waals surface area contributed by atoms with Crippen molar-refractivity contribution in [1.29, 1.82) is 5.26 Å².